The van der Waals surface area contributed by atoms with Gasteiger partial charge in [-0.1, -0.05) is 104 Å². The van der Waals surface area contributed by atoms with Crippen molar-refractivity contribution in [2.24, 2.45) is 0 Å². The van der Waals surface area contributed by atoms with Crippen LogP contribution >= 0.6 is 11.3 Å². The molecule has 2 nitrogen and oxygen atoms in total. The van der Waals surface area contributed by atoms with E-state index in [9.17, 15) is 0 Å². The van der Waals surface area contributed by atoms with Gasteiger partial charge in [0.25, 0.3) is 0 Å². The molecule has 3 heterocycles. The Labute approximate surface area is 310 Å². The third-order valence-corrected chi connectivity index (χ3v) is 12.6. The minimum absolute atomic E-state index is 0. The maximum absolute atomic E-state index is 4.84. The van der Waals surface area contributed by atoms with Crippen molar-refractivity contribution in [2.75, 3.05) is 0 Å². The summed E-state index contributed by atoms with van der Waals surface area (Å²) in [5.41, 5.74) is 11.3. The van der Waals surface area contributed by atoms with Gasteiger partial charge < -0.3 is 9.97 Å². The van der Waals surface area contributed by atoms with E-state index < -0.39 is 8.07 Å². The average Bonchev–Trinajstić information content (AvgIpc) is 3.51. The van der Waals surface area contributed by atoms with Crippen LogP contribution in [0.3, 0.4) is 0 Å². The van der Waals surface area contributed by atoms with Crippen molar-refractivity contribution in [2.45, 2.75) is 65.1 Å². The standard InChI is InChI=1S/C27H20NS.C17H22NSi.Ir/c1-2-8-18(9-3-1)20-12-7-15-24-25(20)22-13-6-14-23(27(22)29-24)26-21-11-5-4-10-19(21)16-17-28-26;1-13(2)15-11-16(14-9-7-6-8-10-14)18-12-17(15)19(3,4)5;/h1-3,6-9,12-13,15-17H,4-5,10-11H2;6-9,11-13H,1-5H3;/q2*-1;. The van der Waals surface area contributed by atoms with Crippen molar-refractivity contribution < 1.29 is 20.1 Å². The van der Waals surface area contributed by atoms with Crippen LogP contribution in [0.4, 0.5) is 0 Å². The van der Waals surface area contributed by atoms with Gasteiger partial charge in [-0.2, -0.15) is 11.3 Å². The number of thiophene rings is 1. The van der Waals surface area contributed by atoms with Gasteiger partial charge in [0.05, 0.1) is 8.07 Å². The van der Waals surface area contributed by atoms with Crippen LogP contribution in [0.2, 0.25) is 19.6 Å². The molecule has 1 aliphatic rings. The molecule has 0 unspecified atom stereocenters. The van der Waals surface area contributed by atoms with E-state index in [2.05, 4.69) is 136 Å². The number of benzene rings is 4. The Morgan fingerprint density at radius 2 is 1.59 bits per heavy atom. The second-order valence-electron chi connectivity index (χ2n) is 14.1. The van der Waals surface area contributed by atoms with Crippen LogP contribution in [0.25, 0.3) is 53.8 Å². The zero-order valence-corrected chi connectivity index (χ0v) is 33.1. The molecule has 1 aliphatic carbocycles. The molecule has 7 aromatic rings. The van der Waals surface area contributed by atoms with Gasteiger partial charge in [-0.05, 0) is 81.5 Å². The quantitative estimate of drug-likeness (QED) is 0.127. The Morgan fingerprint density at radius 1 is 0.796 bits per heavy atom. The molecule has 49 heavy (non-hydrogen) atoms. The third kappa shape index (κ3) is 7.27. The summed E-state index contributed by atoms with van der Waals surface area (Å²) in [6, 6.07) is 41.0. The average molecular weight is 851 g/mol. The van der Waals surface area contributed by atoms with Crippen LogP contribution in [0.15, 0.2) is 109 Å². The summed E-state index contributed by atoms with van der Waals surface area (Å²) in [5, 5.41) is 4.13. The van der Waals surface area contributed by atoms with Crippen molar-refractivity contribution >= 4 is 44.8 Å². The molecule has 8 rings (SSSR count). The number of aromatic nitrogens is 2. The molecule has 0 saturated heterocycles. The monoisotopic (exact) mass is 851 g/mol. The fourth-order valence-corrected chi connectivity index (χ4v) is 9.88. The van der Waals surface area contributed by atoms with E-state index in [-0.39, 0.29) is 20.1 Å². The van der Waals surface area contributed by atoms with Gasteiger partial charge in [-0.15, -0.1) is 59.7 Å². The number of hydrogen-bond donors (Lipinski definition) is 0. The molecule has 5 heteroatoms. The summed E-state index contributed by atoms with van der Waals surface area (Å²) in [5.74, 6) is 0.534. The van der Waals surface area contributed by atoms with Gasteiger partial charge >= 0.3 is 0 Å². The summed E-state index contributed by atoms with van der Waals surface area (Å²) >= 11 is 1.87. The largest absolute Gasteiger partial charge is 0.305 e. The molecule has 0 atom stereocenters. The van der Waals surface area contributed by atoms with Crippen molar-refractivity contribution in [3.8, 4) is 33.6 Å². The van der Waals surface area contributed by atoms with Crippen LogP contribution < -0.4 is 5.19 Å². The SMILES string of the molecule is CC(C)c1cc(-c2[c-]cccc2)ncc1[Si](C)(C)C.[Ir].[c-]1ccc2c(sc3cccc(-c4ccccc4)c32)c1-c1nccc2c1CCCC2. The normalized spacial score (nSPS) is 12.7. The van der Waals surface area contributed by atoms with E-state index in [0.717, 1.165) is 23.4 Å². The summed E-state index contributed by atoms with van der Waals surface area (Å²) in [7, 11) is -1.34. The predicted molar refractivity (Wildman–Crippen MR) is 209 cm³/mol. The summed E-state index contributed by atoms with van der Waals surface area (Å²) < 4.78 is 2.63. The Hall–Kier alpha value is -3.73. The van der Waals surface area contributed by atoms with Crippen molar-refractivity contribution in [3.05, 3.63) is 138 Å². The molecule has 0 fully saturated rings. The first-order valence-electron chi connectivity index (χ1n) is 17.2. The second-order valence-corrected chi connectivity index (χ2v) is 20.2. The topological polar surface area (TPSA) is 25.8 Å². The minimum atomic E-state index is -1.34. The second kappa shape index (κ2) is 15.0. The molecule has 0 N–H and O–H groups in total. The molecule has 0 aliphatic heterocycles. The molecule has 1 radical (unpaired) electrons. The fraction of sp³-hybridized carbons (Fsp3) is 0.227. The summed E-state index contributed by atoms with van der Waals surface area (Å²) in [4.78, 5) is 9.50. The van der Waals surface area contributed by atoms with Gasteiger partial charge in [-0.25, -0.2) is 0 Å². The first-order chi connectivity index (χ1) is 23.3. The van der Waals surface area contributed by atoms with E-state index in [1.807, 2.05) is 35.7 Å². The van der Waals surface area contributed by atoms with E-state index in [1.54, 1.807) is 0 Å². The zero-order valence-electron chi connectivity index (χ0n) is 28.9. The van der Waals surface area contributed by atoms with Gasteiger partial charge in [0.1, 0.15) is 0 Å². The number of hydrogen-bond acceptors (Lipinski definition) is 3. The first kappa shape index (κ1) is 35.1. The molecule has 3 aromatic heterocycles. The fourth-order valence-electron chi connectivity index (χ4n) is 6.98. The molecule has 0 saturated carbocycles. The maximum atomic E-state index is 4.84. The van der Waals surface area contributed by atoms with E-state index in [4.69, 9.17) is 4.98 Å². The number of rotatable bonds is 5. The van der Waals surface area contributed by atoms with Crippen molar-refractivity contribution in [1.29, 1.82) is 0 Å². The van der Waals surface area contributed by atoms with Crippen LogP contribution in [0.1, 0.15) is 49.3 Å². The van der Waals surface area contributed by atoms with Crippen LogP contribution in [0.5, 0.6) is 0 Å². The summed E-state index contributed by atoms with van der Waals surface area (Å²) in [6.45, 7) is 11.7. The number of fused-ring (bicyclic) bond motifs is 4. The Kier molecular flexibility index (Phi) is 10.8. The van der Waals surface area contributed by atoms with Crippen LogP contribution in [0, 0.1) is 12.1 Å². The minimum Gasteiger partial charge on any atom is -0.305 e. The van der Waals surface area contributed by atoms with Gasteiger partial charge in [0.2, 0.25) is 0 Å². The molecule has 0 amide bonds. The van der Waals surface area contributed by atoms with Gasteiger partial charge in [0, 0.05) is 37.2 Å². The Bertz CT molecular complexity index is 2200. The van der Waals surface area contributed by atoms with Crippen LogP contribution in [-0.2, 0) is 32.9 Å². The van der Waals surface area contributed by atoms with E-state index >= 15 is 0 Å². The maximum Gasteiger partial charge on any atom is 0.0799 e. The summed E-state index contributed by atoms with van der Waals surface area (Å²) in [6.07, 6.45) is 8.92. The molecule has 0 spiro atoms. The Balaban J connectivity index is 0.000000183. The predicted octanol–water partition coefficient (Wildman–Crippen LogP) is 11.7. The molecule has 4 aromatic carbocycles. The van der Waals surface area contributed by atoms with Crippen molar-refractivity contribution in [1.82, 2.24) is 9.97 Å². The first-order valence-corrected chi connectivity index (χ1v) is 21.5. The molecule has 0 bridgehead atoms. The number of nitrogens with zero attached hydrogens (tertiary/aromatic N) is 2. The van der Waals surface area contributed by atoms with E-state index in [0.29, 0.717) is 5.92 Å². The Morgan fingerprint density at radius 3 is 2.35 bits per heavy atom. The third-order valence-electron chi connectivity index (χ3n) is 9.41. The van der Waals surface area contributed by atoms with Gasteiger partial charge in [0.15, 0.2) is 0 Å². The van der Waals surface area contributed by atoms with Crippen molar-refractivity contribution in [3.63, 3.8) is 0 Å². The van der Waals surface area contributed by atoms with Gasteiger partial charge in [-0.3, -0.25) is 0 Å². The number of pyridine rings is 2. The van der Waals surface area contributed by atoms with E-state index in [1.165, 1.54) is 78.0 Å². The smallest absolute Gasteiger partial charge is 0.0799 e. The molecular weight excluding hydrogens is 809 g/mol. The molecule has 249 valence electrons. The zero-order chi connectivity index (χ0) is 33.3. The van der Waals surface area contributed by atoms with Crippen LogP contribution in [-0.4, -0.2) is 18.0 Å². The number of aryl methyl sites for hydroxylation is 1. The molecular formula is C44H42IrN2SSi-2.